The Morgan fingerprint density at radius 3 is 2.00 bits per heavy atom. The number of unbranched alkanes of at least 4 members (excludes halogenated alkanes) is 2. The van der Waals surface area contributed by atoms with E-state index in [0.717, 1.165) is 19.3 Å². The van der Waals surface area contributed by atoms with Crippen LogP contribution in [-0.4, -0.2) is 44.9 Å². The van der Waals surface area contributed by atoms with Gasteiger partial charge in [0.1, 0.15) is 0 Å². The van der Waals surface area contributed by atoms with E-state index < -0.39 is 11.9 Å². The van der Waals surface area contributed by atoms with Crippen LogP contribution in [0.2, 0.25) is 0 Å². The average molecular weight is 415 g/mol. The molecule has 0 aliphatic rings. The summed E-state index contributed by atoms with van der Waals surface area (Å²) >= 11 is 0. The first kappa shape index (κ1) is 23.2. The first-order valence-corrected chi connectivity index (χ1v) is 9.88. The van der Waals surface area contributed by atoms with Crippen LogP contribution in [0.15, 0.2) is 18.2 Å². The Hall–Kier alpha value is -3.09. The highest BCUT2D eigenvalue weighted by atomic mass is 16.5. The van der Waals surface area contributed by atoms with Gasteiger partial charge in [0.25, 0.3) is 0 Å². The van der Waals surface area contributed by atoms with Gasteiger partial charge in [0.15, 0.2) is 11.5 Å². The molecule has 0 amide bonds. The number of hydrogen-bond donors (Lipinski definition) is 0. The molecule has 0 saturated carbocycles. The molecule has 0 N–H and O–H groups in total. The Morgan fingerprint density at radius 1 is 0.900 bits per heavy atom. The third kappa shape index (κ3) is 4.90. The second kappa shape index (κ2) is 10.6. The molecule has 30 heavy (non-hydrogen) atoms. The molecule has 0 radical (unpaired) electrons. The van der Waals surface area contributed by atoms with Crippen molar-refractivity contribution in [1.82, 2.24) is 4.98 Å². The molecule has 2 rings (SSSR count). The van der Waals surface area contributed by atoms with E-state index in [2.05, 4.69) is 11.9 Å². The molecule has 1 aromatic carbocycles. The van der Waals surface area contributed by atoms with Crippen molar-refractivity contribution in [2.75, 3.05) is 27.9 Å². The highest BCUT2D eigenvalue weighted by Gasteiger charge is 2.27. The average Bonchev–Trinajstić information content (AvgIpc) is 2.75. The van der Waals surface area contributed by atoms with E-state index in [1.54, 1.807) is 39.2 Å². The van der Waals surface area contributed by atoms with Gasteiger partial charge in [-0.3, -0.25) is 4.98 Å². The zero-order valence-corrected chi connectivity index (χ0v) is 18.5. The predicted molar refractivity (Wildman–Crippen MR) is 113 cm³/mol. The molecule has 0 fully saturated rings. The van der Waals surface area contributed by atoms with Gasteiger partial charge in [-0.05, 0) is 38.0 Å². The molecule has 2 aromatic rings. The third-order valence-corrected chi connectivity index (χ3v) is 4.80. The maximum Gasteiger partial charge on any atom is 0.340 e. The Morgan fingerprint density at radius 2 is 1.50 bits per heavy atom. The van der Waals surface area contributed by atoms with Gasteiger partial charge >= 0.3 is 11.9 Å². The van der Waals surface area contributed by atoms with Gasteiger partial charge in [0, 0.05) is 5.56 Å². The summed E-state index contributed by atoms with van der Waals surface area (Å²) in [7, 11) is 4.12. The monoisotopic (exact) mass is 415 g/mol. The Bertz CT molecular complexity index is 882. The van der Waals surface area contributed by atoms with Crippen LogP contribution >= 0.6 is 0 Å². The summed E-state index contributed by atoms with van der Waals surface area (Å²) in [5.41, 5.74) is 2.34. The normalized spacial score (nSPS) is 10.5. The van der Waals surface area contributed by atoms with E-state index in [1.807, 2.05) is 0 Å². The predicted octanol–water partition coefficient (Wildman–Crippen LogP) is 4.52. The molecule has 1 heterocycles. The second-order valence-electron chi connectivity index (χ2n) is 6.81. The Labute approximate surface area is 177 Å². The van der Waals surface area contributed by atoms with Crippen LogP contribution in [0.25, 0.3) is 11.1 Å². The lowest BCUT2D eigenvalue weighted by Crippen LogP contribution is -2.16. The molecule has 0 unspecified atom stereocenters. The lowest BCUT2D eigenvalue weighted by Gasteiger charge is -2.18. The van der Waals surface area contributed by atoms with Gasteiger partial charge in [0.2, 0.25) is 0 Å². The van der Waals surface area contributed by atoms with E-state index in [0.29, 0.717) is 40.6 Å². The number of carbonyl (C=O) groups is 2. The number of esters is 2. The smallest absolute Gasteiger partial charge is 0.340 e. The summed E-state index contributed by atoms with van der Waals surface area (Å²) in [4.78, 5) is 29.5. The molecule has 162 valence electrons. The summed E-state index contributed by atoms with van der Waals surface area (Å²) in [6.45, 7) is 6.11. The van der Waals surface area contributed by atoms with Gasteiger partial charge in [-0.15, -0.1) is 0 Å². The molecule has 0 bridgehead atoms. The zero-order chi connectivity index (χ0) is 22.3. The maximum absolute atomic E-state index is 12.6. The number of benzene rings is 1. The van der Waals surface area contributed by atoms with Crippen LogP contribution in [0, 0.1) is 13.8 Å². The van der Waals surface area contributed by atoms with E-state index >= 15 is 0 Å². The van der Waals surface area contributed by atoms with Crippen molar-refractivity contribution in [2.24, 2.45) is 0 Å². The lowest BCUT2D eigenvalue weighted by atomic mass is 9.92. The van der Waals surface area contributed by atoms with Gasteiger partial charge in [0.05, 0.1) is 50.5 Å². The fourth-order valence-electron chi connectivity index (χ4n) is 3.32. The van der Waals surface area contributed by atoms with Crippen LogP contribution < -0.4 is 9.47 Å². The minimum atomic E-state index is -0.584. The number of ether oxygens (including phenoxy) is 4. The number of nitrogens with zero attached hydrogens (tertiary/aromatic N) is 1. The maximum atomic E-state index is 12.6. The molecular formula is C23H29NO6. The molecular weight excluding hydrogens is 386 g/mol. The molecule has 0 aliphatic carbocycles. The van der Waals surface area contributed by atoms with Crippen molar-refractivity contribution in [3.63, 3.8) is 0 Å². The van der Waals surface area contributed by atoms with Gasteiger partial charge < -0.3 is 18.9 Å². The standard InChI is InChI=1S/C23H29NO6/c1-7-8-9-12-30-17-11-10-16(13-18(17)27-4)21-19(22(25)28-5)14(2)24-15(3)20(21)23(26)29-6/h10-11,13H,7-9,12H2,1-6H3. The summed E-state index contributed by atoms with van der Waals surface area (Å²) in [5.74, 6) is -0.0696. The number of aryl methyl sites for hydroxylation is 2. The fourth-order valence-corrected chi connectivity index (χ4v) is 3.32. The Balaban J connectivity index is 2.66. The molecule has 1 aromatic heterocycles. The van der Waals surface area contributed by atoms with Gasteiger partial charge in [-0.1, -0.05) is 25.8 Å². The van der Waals surface area contributed by atoms with Crippen LogP contribution in [0.3, 0.4) is 0 Å². The lowest BCUT2D eigenvalue weighted by molar-refractivity contribution is 0.0599. The first-order chi connectivity index (χ1) is 14.4. The highest BCUT2D eigenvalue weighted by Crippen LogP contribution is 2.37. The van der Waals surface area contributed by atoms with E-state index in [-0.39, 0.29) is 11.1 Å². The summed E-state index contributed by atoms with van der Waals surface area (Å²) in [6, 6.07) is 5.29. The van der Waals surface area contributed by atoms with Crippen molar-refractivity contribution >= 4 is 11.9 Å². The van der Waals surface area contributed by atoms with Crippen molar-refractivity contribution in [2.45, 2.75) is 40.0 Å². The molecule has 7 nitrogen and oxygen atoms in total. The SMILES string of the molecule is CCCCCOc1ccc(-c2c(C(=O)OC)c(C)nc(C)c2C(=O)OC)cc1OC. The van der Waals surface area contributed by atoms with E-state index in [4.69, 9.17) is 18.9 Å². The third-order valence-electron chi connectivity index (χ3n) is 4.80. The minimum absolute atomic E-state index is 0.210. The molecule has 0 saturated heterocycles. The molecule has 0 atom stereocenters. The summed E-state index contributed by atoms with van der Waals surface area (Å²) < 4.78 is 21.3. The minimum Gasteiger partial charge on any atom is -0.493 e. The van der Waals surface area contributed by atoms with Crippen molar-refractivity contribution in [3.8, 4) is 22.6 Å². The van der Waals surface area contributed by atoms with Gasteiger partial charge in [-0.25, -0.2) is 9.59 Å². The molecule has 0 aliphatic heterocycles. The quantitative estimate of drug-likeness (QED) is 0.440. The molecule has 0 spiro atoms. The largest absolute Gasteiger partial charge is 0.493 e. The van der Waals surface area contributed by atoms with Crippen molar-refractivity contribution in [1.29, 1.82) is 0 Å². The summed E-state index contributed by atoms with van der Waals surface area (Å²) in [5, 5.41) is 0. The number of carbonyl (C=O) groups excluding carboxylic acids is 2. The molecule has 7 heteroatoms. The van der Waals surface area contributed by atoms with E-state index in [9.17, 15) is 9.59 Å². The fraction of sp³-hybridized carbons (Fsp3) is 0.435. The number of methoxy groups -OCH3 is 3. The van der Waals surface area contributed by atoms with Gasteiger partial charge in [-0.2, -0.15) is 0 Å². The first-order valence-electron chi connectivity index (χ1n) is 9.88. The number of hydrogen-bond acceptors (Lipinski definition) is 7. The number of rotatable bonds is 9. The number of pyridine rings is 1. The van der Waals surface area contributed by atoms with Crippen LogP contribution in [0.1, 0.15) is 58.3 Å². The van der Waals surface area contributed by atoms with E-state index in [1.165, 1.54) is 14.2 Å². The second-order valence-corrected chi connectivity index (χ2v) is 6.81. The van der Waals surface area contributed by atoms with Crippen molar-refractivity contribution < 1.29 is 28.5 Å². The highest BCUT2D eigenvalue weighted by molar-refractivity contribution is 6.07. The summed E-state index contributed by atoms with van der Waals surface area (Å²) in [6.07, 6.45) is 3.14. The number of aromatic nitrogens is 1. The van der Waals surface area contributed by atoms with Crippen molar-refractivity contribution in [3.05, 3.63) is 40.7 Å². The van der Waals surface area contributed by atoms with Crippen LogP contribution in [0.5, 0.6) is 11.5 Å². The van der Waals surface area contributed by atoms with Crippen LogP contribution in [0.4, 0.5) is 0 Å². The zero-order valence-electron chi connectivity index (χ0n) is 18.5. The van der Waals surface area contributed by atoms with Crippen LogP contribution in [-0.2, 0) is 9.47 Å². The Kier molecular flexibility index (Phi) is 8.21. The topological polar surface area (TPSA) is 84.0 Å².